The van der Waals surface area contributed by atoms with Crippen molar-refractivity contribution in [3.05, 3.63) is 23.9 Å². The summed E-state index contributed by atoms with van der Waals surface area (Å²) in [6.07, 6.45) is -3.41. The number of pyridine rings is 1. The van der Waals surface area contributed by atoms with E-state index in [2.05, 4.69) is 10.1 Å². The summed E-state index contributed by atoms with van der Waals surface area (Å²) in [5, 5.41) is 5.26. The van der Waals surface area contributed by atoms with Crippen molar-refractivity contribution in [2.24, 2.45) is 0 Å². The number of nitrogens with one attached hydrogen (secondary N) is 1. The van der Waals surface area contributed by atoms with Crippen LogP contribution in [0.5, 0.6) is 0 Å². The molecule has 8 heteroatoms. The van der Waals surface area contributed by atoms with Gasteiger partial charge in [-0.25, -0.2) is 4.52 Å². The van der Waals surface area contributed by atoms with E-state index in [4.69, 9.17) is 0 Å². The zero-order chi connectivity index (χ0) is 12.6. The van der Waals surface area contributed by atoms with E-state index in [1.54, 1.807) is 23.6 Å². The SMILES string of the molecule is Cc1ccn2nc(NC(=O)C(F)(F)F)nc2c1. The second-order valence-corrected chi connectivity index (χ2v) is 3.39. The molecule has 5 nitrogen and oxygen atoms in total. The van der Waals surface area contributed by atoms with Crippen molar-refractivity contribution in [1.82, 2.24) is 14.6 Å². The molecular formula is C9H7F3N4O. The summed E-state index contributed by atoms with van der Waals surface area (Å²) < 4.78 is 37.2. The second-order valence-electron chi connectivity index (χ2n) is 3.39. The lowest BCUT2D eigenvalue weighted by Crippen LogP contribution is -2.30. The quantitative estimate of drug-likeness (QED) is 0.827. The fourth-order valence-corrected chi connectivity index (χ4v) is 1.21. The lowest BCUT2D eigenvalue weighted by molar-refractivity contribution is -0.167. The number of anilines is 1. The molecule has 0 aliphatic heterocycles. The number of fused-ring (bicyclic) bond motifs is 1. The minimum atomic E-state index is -4.95. The molecule has 1 N–H and O–H groups in total. The molecule has 1 amide bonds. The minimum Gasteiger partial charge on any atom is -0.285 e. The Morgan fingerprint density at radius 2 is 2.18 bits per heavy atom. The number of aryl methyl sites for hydroxylation is 1. The topological polar surface area (TPSA) is 59.3 Å². The molecule has 2 heterocycles. The first kappa shape index (κ1) is 11.4. The van der Waals surface area contributed by atoms with Crippen LogP contribution < -0.4 is 5.32 Å². The molecule has 90 valence electrons. The van der Waals surface area contributed by atoms with E-state index in [0.29, 0.717) is 5.65 Å². The van der Waals surface area contributed by atoms with Crippen LogP contribution in [-0.2, 0) is 4.79 Å². The summed E-state index contributed by atoms with van der Waals surface area (Å²) in [5.74, 6) is -2.47. The smallest absolute Gasteiger partial charge is 0.285 e. The van der Waals surface area contributed by atoms with E-state index in [-0.39, 0.29) is 5.95 Å². The van der Waals surface area contributed by atoms with Crippen molar-refractivity contribution in [3.8, 4) is 0 Å². The Morgan fingerprint density at radius 3 is 2.82 bits per heavy atom. The van der Waals surface area contributed by atoms with E-state index in [1.807, 2.05) is 6.92 Å². The van der Waals surface area contributed by atoms with Gasteiger partial charge in [-0.2, -0.15) is 18.2 Å². The van der Waals surface area contributed by atoms with Crippen LogP contribution in [0.2, 0.25) is 0 Å². The van der Waals surface area contributed by atoms with Crippen molar-refractivity contribution >= 4 is 17.5 Å². The monoisotopic (exact) mass is 244 g/mol. The molecule has 0 aromatic carbocycles. The third-order valence-electron chi connectivity index (χ3n) is 1.98. The molecule has 17 heavy (non-hydrogen) atoms. The number of alkyl halides is 3. The first-order valence-electron chi connectivity index (χ1n) is 4.57. The van der Waals surface area contributed by atoms with Crippen LogP contribution in [0.15, 0.2) is 18.3 Å². The maximum atomic E-state index is 12.0. The number of amides is 1. The van der Waals surface area contributed by atoms with Crippen LogP contribution in [0.4, 0.5) is 19.1 Å². The fourth-order valence-electron chi connectivity index (χ4n) is 1.21. The molecule has 0 unspecified atom stereocenters. The lowest BCUT2D eigenvalue weighted by atomic mass is 10.3. The number of nitrogens with zero attached hydrogens (tertiary/aromatic N) is 3. The van der Waals surface area contributed by atoms with E-state index in [1.165, 1.54) is 4.52 Å². The van der Waals surface area contributed by atoms with Gasteiger partial charge in [0, 0.05) is 6.20 Å². The van der Waals surface area contributed by atoms with E-state index in [0.717, 1.165) is 5.56 Å². The highest BCUT2D eigenvalue weighted by molar-refractivity contribution is 5.93. The van der Waals surface area contributed by atoms with Gasteiger partial charge in [-0.3, -0.25) is 10.1 Å². The molecule has 0 atom stereocenters. The lowest BCUT2D eigenvalue weighted by Gasteiger charge is -2.03. The maximum absolute atomic E-state index is 12.0. The highest BCUT2D eigenvalue weighted by Crippen LogP contribution is 2.17. The summed E-state index contributed by atoms with van der Waals surface area (Å²) >= 11 is 0. The Morgan fingerprint density at radius 1 is 1.47 bits per heavy atom. The van der Waals surface area contributed by atoms with Gasteiger partial charge in [-0.05, 0) is 24.6 Å². The van der Waals surface area contributed by atoms with Gasteiger partial charge in [-0.1, -0.05) is 0 Å². The van der Waals surface area contributed by atoms with Crippen LogP contribution in [0.1, 0.15) is 5.56 Å². The van der Waals surface area contributed by atoms with Crippen LogP contribution in [0.3, 0.4) is 0 Å². The van der Waals surface area contributed by atoms with Crippen LogP contribution >= 0.6 is 0 Å². The van der Waals surface area contributed by atoms with Crippen molar-refractivity contribution < 1.29 is 18.0 Å². The minimum absolute atomic E-state index is 0.363. The van der Waals surface area contributed by atoms with Gasteiger partial charge in [0.25, 0.3) is 0 Å². The molecule has 0 radical (unpaired) electrons. The number of hydrogen-bond acceptors (Lipinski definition) is 3. The highest BCUT2D eigenvalue weighted by atomic mass is 19.4. The number of carbonyl (C=O) groups is 1. The summed E-state index contributed by atoms with van der Waals surface area (Å²) in [6, 6.07) is 3.35. The molecule has 2 rings (SSSR count). The van der Waals surface area contributed by atoms with E-state index in [9.17, 15) is 18.0 Å². The average molecular weight is 244 g/mol. The van der Waals surface area contributed by atoms with Crippen LogP contribution in [0.25, 0.3) is 5.65 Å². The van der Waals surface area contributed by atoms with Gasteiger partial charge in [-0.15, -0.1) is 5.10 Å². The Bertz CT molecular complexity index is 575. The Hall–Kier alpha value is -2.12. The standard InChI is InChI=1S/C9H7F3N4O/c1-5-2-3-16-6(4-5)13-8(15-16)14-7(17)9(10,11)12/h2-4H,1H3,(H,14,15,17). The number of aromatic nitrogens is 3. The molecule has 2 aromatic rings. The largest absolute Gasteiger partial charge is 0.471 e. The molecule has 0 fully saturated rings. The molecule has 2 aromatic heterocycles. The number of carbonyl (C=O) groups excluding carboxylic acids is 1. The first-order valence-corrected chi connectivity index (χ1v) is 4.57. The number of rotatable bonds is 1. The van der Waals surface area contributed by atoms with Crippen molar-refractivity contribution in [2.75, 3.05) is 5.32 Å². The van der Waals surface area contributed by atoms with Gasteiger partial charge in [0.05, 0.1) is 0 Å². The molecule has 0 saturated heterocycles. The normalized spacial score (nSPS) is 11.8. The van der Waals surface area contributed by atoms with E-state index < -0.39 is 12.1 Å². The predicted octanol–water partition coefficient (Wildman–Crippen LogP) is 1.54. The third-order valence-corrected chi connectivity index (χ3v) is 1.98. The second kappa shape index (κ2) is 3.72. The van der Waals surface area contributed by atoms with Gasteiger partial charge in [0.15, 0.2) is 5.65 Å². The van der Waals surface area contributed by atoms with E-state index >= 15 is 0 Å². The van der Waals surface area contributed by atoms with Crippen LogP contribution in [0, 0.1) is 6.92 Å². The fraction of sp³-hybridized carbons (Fsp3) is 0.222. The number of hydrogen-bond donors (Lipinski definition) is 1. The van der Waals surface area contributed by atoms with Gasteiger partial charge >= 0.3 is 12.1 Å². The predicted molar refractivity (Wildman–Crippen MR) is 52.4 cm³/mol. The zero-order valence-electron chi connectivity index (χ0n) is 8.62. The number of halogens is 3. The molecule has 0 spiro atoms. The molecule has 0 aliphatic rings. The zero-order valence-corrected chi connectivity index (χ0v) is 8.62. The third kappa shape index (κ3) is 2.35. The highest BCUT2D eigenvalue weighted by Gasteiger charge is 2.39. The summed E-state index contributed by atoms with van der Waals surface area (Å²) in [4.78, 5) is 14.4. The van der Waals surface area contributed by atoms with Gasteiger partial charge in [0.1, 0.15) is 0 Å². The van der Waals surface area contributed by atoms with Crippen molar-refractivity contribution in [2.45, 2.75) is 13.1 Å². The summed E-state index contributed by atoms with van der Waals surface area (Å²) in [5.41, 5.74) is 1.25. The first-order chi connectivity index (χ1) is 7.86. The Labute approximate surface area is 93.3 Å². The summed E-state index contributed by atoms with van der Waals surface area (Å²) in [7, 11) is 0. The van der Waals surface area contributed by atoms with Gasteiger partial charge < -0.3 is 0 Å². The molecular weight excluding hydrogens is 237 g/mol. The molecule has 0 aliphatic carbocycles. The Kier molecular flexibility index (Phi) is 2.49. The van der Waals surface area contributed by atoms with Crippen LogP contribution in [-0.4, -0.2) is 26.7 Å². The van der Waals surface area contributed by atoms with Crippen molar-refractivity contribution in [3.63, 3.8) is 0 Å². The Balaban J connectivity index is 2.29. The van der Waals surface area contributed by atoms with Crippen molar-refractivity contribution in [1.29, 1.82) is 0 Å². The maximum Gasteiger partial charge on any atom is 0.471 e. The molecule has 0 saturated carbocycles. The average Bonchev–Trinajstić information content (AvgIpc) is 2.57. The molecule has 0 bridgehead atoms. The van der Waals surface area contributed by atoms with Gasteiger partial charge in [0.2, 0.25) is 5.95 Å². The summed E-state index contributed by atoms with van der Waals surface area (Å²) in [6.45, 7) is 1.81.